The molecule has 10 heavy (non-hydrogen) atoms. The van der Waals surface area contributed by atoms with E-state index in [4.69, 9.17) is 4.74 Å². The molecule has 2 heteroatoms. The Hall–Kier alpha value is -0.0800. The third-order valence-electron chi connectivity index (χ3n) is 2.40. The predicted molar refractivity (Wildman–Crippen MR) is 39.9 cm³/mol. The molecule has 0 aliphatic carbocycles. The molecular weight excluding hydrogens is 128 g/mol. The van der Waals surface area contributed by atoms with Crippen LogP contribution in [0.1, 0.15) is 33.6 Å². The van der Waals surface area contributed by atoms with E-state index in [2.05, 4.69) is 6.92 Å². The van der Waals surface area contributed by atoms with Gasteiger partial charge in [0.1, 0.15) is 5.60 Å². The maximum absolute atomic E-state index is 9.43. The molecule has 1 aliphatic heterocycles. The van der Waals surface area contributed by atoms with E-state index in [0.29, 0.717) is 6.10 Å². The molecule has 0 aromatic heterocycles. The number of aliphatic hydroxyl groups excluding tert-OH is 1. The van der Waals surface area contributed by atoms with Crippen LogP contribution in [0.5, 0.6) is 0 Å². The molecular formula is C8H16O2. The van der Waals surface area contributed by atoms with Gasteiger partial charge < -0.3 is 9.84 Å². The fraction of sp³-hybridized carbons (Fsp3) is 1.00. The second-order valence-electron chi connectivity index (χ2n) is 3.12. The molecule has 0 aromatic carbocycles. The van der Waals surface area contributed by atoms with Crippen molar-refractivity contribution in [2.45, 2.75) is 51.4 Å². The van der Waals surface area contributed by atoms with Gasteiger partial charge in [-0.2, -0.15) is 0 Å². The summed E-state index contributed by atoms with van der Waals surface area (Å²) in [6.07, 6.45) is 1.81. The molecule has 0 bridgehead atoms. The molecule has 0 amide bonds. The zero-order valence-electron chi connectivity index (χ0n) is 6.92. The largest absolute Gasteiger partial charge is 0.390 e. The van der Waals surface area contributed by atoms with E-state index >= 15 is 0 Å². The molecule has 1 rings (SSSR count). The second kappa shape index (κ2) is 2.51. The van der Waals surface area contributed by atoms with Crippen molar-refractivity contribution in [3.8, 4) is 0 Å². The molecule has 1 heterocycles. The predicted octanol–water partition coefficient (Wildman–Crippen LogP) is 1.32. The molecule has 0 saturated carbocycles. The Morgan fingerprint density at radius 3 is 2.50 bits per heavy atom. The van der Waals surface area contributed by atoms with Crippen LogP contribution in [0.15, 0.2) is 0 Å². The van der Waals surface area contributed by atoms with Gasteiger partial charge >= 0.3 is 0 Å². The van der Waals surface area contributed by atoms with Crippen molar-refractivity contribution in [3.05, 3.63) is 0 Å². The molecule has 0 aromatic rings. The lowest BCUT2D eigenvalue weighted by atomic mass is 9.97. The maximum Gasteiger partial charge on any atom is 0.118 e. The van der Waals surface area contributed by atoms with Crippen LogP contribution in [-0.4, -0.2) is 22.9 Å². The normalized spacial score (nSPS) is 41.4. The van der Waals surface area contributed by atoms with E-state index in [1.54, 1.807) is 0 Å². The van der Waals surface area contributed by atoms with Crippen LogP contribution in [0, 0.1) is 0 Å². The van der Waals surface area contributed by atoms with Crippen LogP contribution >= 0.6 is 0 Å². The first-order valence-electron chi connectivity index (χ1n) is 4.01. The van der Waals surface area contributed by atoms with Crippen LogP contribution in [-0.2, 0) is 4.74 Å². The van der Waals surface area contributed by atoms with Crippen LogP contribution in [0.4, 0.5) is 0 Å². The van der Waals surface area contributed by atoms with Gasteiger partial charge in [-0.05, 0) is 19.8 Å². The fourth-order valence-corrected chi connectivity index (χ4v) is 1.46. The summed E-state index contributed by atoms with van der Waals surface area (Å²) in [5.41, 5.74) is -0.219. The van der Waals surface area contributed by atoms with Gasteiger partial charge in [-0.3, -0.25) is 0 Å². The van der Waals surface area contributed by atoms with Crippen LogP contribution in [0.2, 0.25) is 0 Å². The van der Waals surface area contributed by atoms with Crippen LogP contribution < -0.4 is 0 Å². The highest BCUT2D eigenvalue weighted by atomic mass is 16.6. The summed E-state index contributed by atoms with van der Waals surface area (Å²) in [5, 5.41) is 9.43. The zero-order valence-corrected chi connectivity index (χ0v) is 6.92. The van der Waals surface area contributed by atoms with E-state index in [9.17, 15) is 5.11 Å². The number of hydrogen-bond donors (Lipinski definition) is 1. The van der Waals surface area contributed by atoms with E-state index in [-0.39, 0.29) is 11.7 Å². The molecule has 2 nitrogen and oxygen atoms in total. The Morgan fingerprint density at radius 2 is 2.20 bits per heavy atom. The highest BCUT2D eigenvalue weighted by Crippen LogP contribution is 2.42. The SMILES string of the molecule is CCC(O)C1(C)OC1CC. The van der Waals surface area contributed by atoms with Gasteiger partial charge in [0.25, 0.3) is 0 Å². The summed E-state index contributed by atoms with van der Waals surface area (Å²) in [4.78, 5) is 0. The summed E-state index contributed by atoms with van der Waals surface area (Å²) in [5.74, 6) is 0. The van der Waals surface area contributed by atoms with E-state index in [0.717, 1.165) is 12.8 Å². The Morgan fingerprint density at radius 1 is 1.60 bits per heavy atom. The third kappa shape index (κ3) is 1.06. The Bertz CT molecular complexity index is 124. The summed E-state index contributed by atoms with van der Waals surface area (Å²) in [6, 6.07) is 0. The average molecular weight is 144 g/mol. The molecule has 0 radical (unpaired) electrons. The molecule has 1 N–H and O–H groups in total. The van der Waals surface area contributed by atoms with Gasteiger partial charge in [0.05, 0.1) is 12.2 Å². The monoisotopic (exact) mass is 144 g/mol. The number of aliphatic hydroxyl groups is 1. The van der Waals surface area contributed by atoms with Gasteiger partial charge in [0.2, 0.25) is 0 Å². The number of ether oxygens (including phenoxy) is 1. The number of hydrogen-bond acceptors (Lipinski definition) is 2. The highest BCUT2D eigenvalue weighted by molar-refractivity contribution is 5.02. The molecule has 1 fully saturated rings. The molecule has 60 valence electrons. The van der Waals surface area contributed by atoms with Crippen LogP contribution in [0.3, 0.4) is 0 Å². The van der Waals surface area contributed by atoms with Gasteiger partial charge in [-0.15, -0.1) is 0 Å². The number of rotatable bonds is 3. The van der Waals surface area contributed by atoms with Crippen molar-refractivity contribution >= 4 is 0 Å². The Balaban J connectivity index is 2.42. The topological polar surface area (TPSA) is 32.8 Å². The maximum atomic E-state index is 9.43. The smallest absolute Gasteiger partial charge is 0.118 e. The van der Waals surface area contributed by atoms with Crippen molar-refractivity contribution in [1.29, 1.82) is 0 Å². The molecule has 1 saturated heterocycles. The molecule has 0 spiro atoms. The summed E-state index contributed by atoms with van der Waals surface area (Å²) in [7, 11) is 0. The lowest BCUT2D eigenvalue weighted by Gasteiger charge is -2.12. The van der Waals surface area contributed by atoms with Crippen molar-refractivity contribution in [1.82, 2.24) is 0 Å². The van der Waals surface area contributed by atoms with Crippen molar-refractivity contribution in [2.24, 2.45) is 0 Å². The summed E-state index contributed by atoms with van der Waals surface area (Å²) in [6.45, 7) is 6.04. The first-order chi connectivity index (χ1) is 4.65. The van der Waals surface area contributed by atoms with E-state index in [1.807, 2.05) is 13.8 Å². The van der Waals surface area contributed by atoms with Crippen molar-refractivity contribution in [3.63, 3.8) is 0 Å². The quantitative estimate of drug-likeness (QED) is 0.606. The zero-order chi connectivity index (χ0) is 7.78. The van der Waals surface area contributed by atoms with E-state index < -0.39 is 0 Å². The first kappa shape index (κ1) is 8.02. The van der Waals surface area contributed by atoms with Gasteiger partial charge in [0.15, 0.2) is 0 Å². The highest BCUT2D eigenvalue weighted by Gasteiger charge is 2.55. The van der Waals surface area contributed by atoms with Gasteiger partial charge in [0, 0.05) is 0 Å². The first-order valence-corrected chi connectivity index (χ1v) is 4.01. The Labute approximate surface area is 62.2 Å². The van der Waals surface area contributed by atoms with Crippen molar-refractivity contribution < 1.29 is 9.84 Å². The standard InChI is InChI=1S/C8H16O2/c1-4-6(9)8(3)7(5-2)10-8/h6-7,9H,4-5H2,1-3H3. The minimum Gasteiger partial charge on any atom is -0.390 e. The third-order valence-corrected chi connectivity index (χ3v) is 2.40. The fourth-order valence-electron chi connectivity index (χ4n) is 1.46. The average Bonchev–Trinajstić information content (AvgIpc) is 2.61. The second-order valence-corrected chi connectivity index (χ2v) is 3.12. The van der Waals surface area contributed by atoms with Gasteiger partial charge in [-0.1, -0.05) is 13.8 Å². The molecule has 3 atom stereocenters. The molecule has 3 unspecified atom stereocenters. The minimum atomic E-state index is -0.280. The van der Waals surface area contributed by atoms with Gasteiger partial charge in [-0.25, -0.2) is 0 Å². The van der Waals surface area contributed by atoms with E-state index in [1.165, 1.54) is 0 Å². The number of epoxide rings is 1. The van der Waals surface area contributed by atoms with Crippen molar-refractivity contribution in [2.75, 3.05) is 0 Å². The minimum absolute atomic E-state index is 0.219. The summed E-state index contributed by atoms with van der Waals surface area (Å²) < 4.78 is 5.36. The Kier molecular flexibility index (Phi) is 2.02. The van der Waals surface area contributed by atoms with Crippen LogP contribution in [0.25, 0.3) is 0 Å². The lowest BCUT2D eigenvalue weighted by molar-refractivity contribution is 0.0817. The summed E-state index contributed by atoms with van der Waals surface area (Å²) >= 11 is 0. The molecule has 1 aliphatic rings. The lowest BCUT2D eigenvalue weighted by Crippen LogP contribution is -2.27.